The number of rotatable bonds is 2. The van der Waals surface area contributed by atoms with Crippen molar-refractivity contribution in [3.63, 3.8) is 0 Å². The summed E-state index contributed by atoms with van der Waals surface area (Å²) in [7, 11) is -3.49. The quantitative estimate of drug-likeness (QED) is 0.780. The highest BCUT2D eigenvalue weighted by atomic mass is 32.2. The van der Waals surface area contributed by atoms with E-state index in [1.165, 1.54) is 0 Å². The van der Waals surface area contributed by atoms with Gasteiger partial charge in [0.25, 0.3) is 10.0 Å². The molecular weight excluding hydrogens is 300 g/mol. The Morgan fingerprint density at radius 1 is 1.14 bits per heavy atom. The summed E-state index contributed by atoms with van der Waals surface area (Å²) in [4.78, 5) is 9.09. The predicted octanol–water partition coefficient (Wildman–Crippen LogP) is 1.57. The molecule has 0 saturated heterocycles. The summed E-state index contributed by atoms with van der Waals surface area (Å²) in [5.41, 5.74) is 2.22. The largest absolute Gasteiger partial charge is 0.307 e. The highest BCUT2D eigenvalue weighted by Crippen LogP contribution is 2.22. The first-order valence-electron chi connectivity index (χ1n) is 6.73. The molecular formula is C15H12N4O2S. The first-order valence-corrected chi connectivity index (χ1v) is 8.21. The van der Waals surface area contributed by atoms with Crippen molar-refractivity contribution >= 4 is 21.5 Å². The second-order valence-electron chi connectivity index (χ2n) is 4.96. The molecule has 1 N–H and O–H groups in total. The maximum Gasteiger partial charge on any atom is 0.263 e. The Balaban J connectivity index is 1.69. The molecule has 6 nitrogen and oxygen atoms in total. The number of benzene rings is 1. The van der Waals surface area contributed by atoms with Crippen molar-refractivity contribution in [1.82, 2.24) is 14.1 Å². The number of hydrogen-bond donors (Lipinski definition) is 1. The van der Waals surface area contributed by atoms with Crippen LogP contribution in [0.25, 0.3) is 5.65 Å². The fraction of sp³-hybridized carbons (Fsp3) is 0.0667. The molecule has 1 aliphatic rings. The van der Waals surface area contributed by atoms with Crippen molar-refractivity contribution in [1.29, 1.82) is 0 Å². The van der Waals surface area contributed by atoms with E-state index in [2.05, 4.69) is 14.7 Å². The average Bonchev–Trinajstić information content (AvgIpc) is 3.04. The van der Waals surface area contributed by atoms with Gasteiger partial charge < -0.3 is 4.40 Å². The molecule has 0 aliphatic carbocycles. The molecule has 0 amide bonds. The summed E-state index contributed by atoms with van der Waals surface area (Å²) in [6.45, 7) is 0.313. The summed E-state index contributed by atoms with van der Waals surface area (Å²) in [6.07, 6.45) is 3.79. The molecule has 110 valence electrons. The van der Waals surface area contributed by atoms with Gasteiger partial charge in [-0.2, -0.15) is 0 Å². The van der Waals surface area contributed by atoms with Crippen molar-refractivity contribution < 1.29 is 8.42 Å². The lowest BCUT2D eigenvalue weighted by Gasteiger charge is -1.97. The SMILES string of the molecule is O=S1(=O)NC(=NCc2cn3ccccc3n2)c2ccccc21. The third kappa shape index (κ3) is 2.06. The van der Waals surface area contributed by atoms with Gasteiger partial charge in [0.1, 0.15) is 11.5 Å². The molecule has 0 atom stereocenters. The van der Waals surface area contributed by atoms with E-state index in [-0.39, 0.29) is 4.90 Å². The molecule has 0 radical (unpaired) electrons. The van der Waals surface area contributed by atoms with Gasteiger partial charge in [0.05, 0.1) is 17.1 Å². The van der Waals surface area contributed by atoms with Gasteiger partial charge in [0, 0.05) is 18.0 Å². The molecule has 0 fully saturated rings. The van der Waals surface area contributed by atoms with Crippen LogP contribution in [-0.2, 0) is 16.6 Å². The summed E-state index contributed by atoms with van der Waals surface area (Å²) in [5, 5.41) is 0. The van der Waals surface area contributed by atoms with Crippen LogP contribution in [0.1, 0.15) is 11.3 Å². The molecule has 0 saturated carbocycles. The average molecular weight is 312 g/mol. The lowest BCUT2D eigenvalue weighted by atomic mass is 10.2. The van der Waals surface area contributed by atoms with E-state index in [9.17, 15) is 8.42 Å². The third-order valence-electron chi connectivity index (χ3n) is 3.48. The molecule has 7 heteroatoms. The number of fused-ring (bicyclic) bond motifs is 2. The zero-order chi connectivity index (χ0) is 15.2. The summed E-state index contributed by atoms with van der Waals surface area (Å²) < 4.78 is 28.4. The van der Waals surface area contributed by atoms with Crippen LogP contribution in [0.2, 0.25) is 0 Å². The summed E-state index contributed by atoms with van der Waals surface area (Å²) in [6, 6.07) is 12.6. The zero-order valence-corrected chi connectivity index (χ0v) is 12.3. The number of aromatic nitrogens is 2. The Morgan fingerprint density at radius 3 is 2.82 bits per heavy atom. The van der Waals surface area contributed by atoms with Crippen LogP contribution in [0, 0.1) is 0 Å². The van der Waals surface area contributed by atoms with Crippen LogP contribution in [0.5, 0.6) is 0 Å². The van der Waals surface area contributed by atoms with Crippen LogP contribution in [0.15, 0.2) is 64.7 Å². The third-order valence-corrected chi connectivity index (χ3v) is 4.87. The molecule has 0 unspecified atom stereocenters. The summed E-state index contributed by atoms with van der Waals surface area (Å²) >= 11 is 0. The minimum Gasteiger partial charge on any atom is -0.307 e. The van der Waals surface area contributed by atoms with Crippen molar-refractivity contribution in [2.24, 2.45) is 4.99 Å². The van der Waals surface area contributed by atoms with Crippen molar-refractivity contribution in [2.75, 3.05) is 0 Å². The van der Waals surface area contributed by atoms with Crippen molar-refractivity contribution in [3.05, 3.63) is 66.1 Å². The monoisotopic (exact) mass is 312 g/mol. The molecule has 2 aromatic heterocycles. The van der Waals surface area contributed by atoms with Gasteiger partial charge in [0.2, 0.25) is 0 Å². The second kappa shape index (κ2) is 4.67. The molecule has 1 aromatic carbocycles. The molecule has 3 aromatic rings. The van der Waals surface area contributed by atoms with Crippen LogP contribution >= 0.6 is 0 Å². The van der Waals surface area contributed by atoms with Gasteiger partial charge in [-0.15, -0.1) is 0 Å². The Bertz CT molecular complexity index is 972. The predicted molar refractivity (Wildman–Crippen MR) is 82.2 cm³/mol. The fourth-order valence-electron chi connectivity index (χ4n) is 2.47. The number of sulfonamides is 1. The van der Waals surface area contributed by atoms with Gasteiger partial charge in [-0.25, -0.2) is 13.4 Å². The smallest absolute Gasteiger partial charge is 0.263 e. The number of imidazole rings is 1. The minimum atomic E-state index is -3.49. The number of nitrogens with one attached hydrogen (secondary N) is 1. The maximum atomic E-state index is 12.0. The van der Waals surface area contributed by atoms with Crippen LogP contribution in [0.3, 0.4) is 0 Å². The first kappa shape index (κ1) is 13.0. The lowest BCUT2D eigenvalue weighted by Crippen LogP contribution is -2.22. The van der Waals surface area contributed by atoms with E-state index in [0.29, 0.717) is 17.9 Å². The first-order chi connectivity index (χ1) is 10.6. The number of pyridine rings is 1. The number of aliphatic imine (C=N–C) groups is 1. The van der Waals surface area contributed by atoms with Gasteiger partial charge in [-0.1, -0.05) is 18.2 Å². The Kier molecular flexibility index (Phi) is 2.77. The van der Waals surface area contributed by atoms with Crippen molar-refractivity contribution in [2.45, 2.75) is 11.4 Å². The topological polar surface area (TPSA) is 75.8 Å². The van der Waals surface area contributed by atoms with E-state index in [1.807, 2.05) is 35.0 Å². The molecule has 1 aliphatic heterocycles. The van der Waals surface area contributed by atoms with E-state index >= 15 is 0 Å². The molecule has 22 heavy (non-hydrogen) atoms. The molecule has 3 heterocycles. The Hall–Kier alpha value is -2.67. The number of hydrogen-bond acceptors (Lipinski definition) is 4. The zero-order valence-electron chi connectivity index (χ0n) is 11.5. The van der Waals surface area contributed by atoms with E-state index in [0.717, 1.165) is 11.3 Å². The maximum absolute atomic E-state index is 12.0. The number of amidine groups is 1. The van der Waals surface area contributed by atoms with Crippen LogP contribution in [-0.4, -0.2) is 23.6 Å². The Morgan fingerprint density at radius 2 is 1.95 bits per heavy atom. The fourth-order valence-corrected chi connectivity index (χ4v) is 3.73. The highest BCUT2D eigenvalue weighted by molar-refractivity contribution is 7.90. The molecule has 0 spiro atoms. The minimum absolute atomic E-state index is 0.267. The van der Waals surface area contributed by atoms with E-state index in [4.69, 9.17) is 0 Å². The molecule has 4 rings (SSSR count). The Labute approximate surface area is 127 Å². The van der Waals surface area contributed by atoms with Gasteiger partial charge >= 0.3 is 0 Å². The molecule has 0 bridgehead atoms. The number of nitrogens with zero attached hydrogens (tertiary/aromatic N) is 3. The lowest BCUT2D eigenvalue weighted by molar-refractivity contribution is 0.595. The highest BCUT2D eigenvalue weighted by Gasteiger charge is 2.29. The van der Waals surface area contributed by atoms with Gasteiger partial charge in [0.15, 0.2) is 0 Å². The van der Waals surface area contributed by atoms with E-state index < -0.39 is 10.0 Å². The van der Waals surface area contributed by atoms with Crippen molar-refractivity contribution in [3.8, 4) is 0 Å². The van der Waals surface area contributed by atoms with Gasteiger partial charge in [-0.05, 0) is 24.3 Å². The van der Waals surface area contributed by atoms with Crippen LogP contribution in [0.4, 0.5) is 0 Å². The van der Waals surface area contributed by atoms with E-state index in [1.54, 1.807) is 24.3 Å². The summed E-state index contributed by atoms with van der Waals surface area (Å²) in [5.74, 6) is 0.368. The normalized spacial score (nSPS) is 17.5. The standard InChI is InChI=1S/C15H12N4O2S/c20-22(21)13-6-2-1-5-12(13)15(18-22)16-9-11-10-19-8-4-3-7-14(19)17-11/h1-8,10H,9H2,(H,16,18). The second-order valence-corrected chi connectivity index (χ2v) is 6.62. The van der Waals surface area contributed by atoms with Gasteiger partial charge in [-0.3, -0.25) is 9.71 Å². The van der Waals surface area contributed by atoms with Crippen LogP contribution < -0.4 is 4.72 Å².